The van der Waals surface area contributed by atoms with E-state index in [1.807, 2.05) is 56.3 Å². The first-order valence-electron chi connectivity index (χ1n) is 12.0. The first-order chi connectivity index (χ1) is 17.8. The van der Waals surface area contributed by atoms with Crippen molar-refractivity contribution in [1.29, 1.82) is 5.26 Å². The lowest BCUT2D eigenvalue weighted by Crippen LogP contribution is -2.24. The molecule has 0 saturated carbocycles. The van der Waals surface area contributed by atoms with E-state index in [-0.39, 0.29) is 23.7 Å². The van der Waals surface area contributed by atoms with E-state index in [2.05, 4.69) is 10.3 Å². The van der Waals surface area contributed by atoms with Gasteiger partial charge in [-0.25, -0.2) is 9.37 Å². The van der Waals surface area contributed by atoms with Gasteiger partial charge in [-0.05, 0) is 89.2 Å². The maximum atomic E-state index is 14.7. The van der Waals surface area contributed by atoms with Crippen molar-refractivity contribution < 1.29 is 13.9 Å². The summed E-state index contributed by atoms with van der Waals surface area (Å²) in [4.78, 5) is 17.3. The van der Waals surface area contributed by atoms with Crippen LogP contribution < -0.4 is 11.1 Å². The summed E-state index contributed by atoms with van der Waals surface area (Å²) < 4.78 is 21.0. The highest BCUT2D eigenvalue weighted by Crippen LogP contribution is 2.54. The molecule has 4 aromatic rings. The number of benzene rings is 3. The Labute approximate surface area is 213 Å². The van der Waals surface area contributed by atoms with Crippen molar-refractivity contribution >= 4 is 11.7 Å². The molecule has 2 aliphatic heterocycles. The molecule has 2 atom stereocenters. The molecule has 2 unspecified atom stereocenters. The number of nitrogens with two attached hydrogens (primary N) is 1. The number of anilines is 1. The molecule has 37 heavy (non-hydrogen) atoms. The number of fused-ring (bicyclic) bond motifs is 8. The van der Waals surface area contributed by atoms with Gasteiger partial charge in [0.2, 0.25) is 0 Å². The number of aromatic nitrogens is 1. The van der Waals surface area contributed by atoms with Gasteiger partial charge in [0.25, 0.3) is 5.91 Å². The number of hydrogen-bond donors (Lipinski definition) is 2. The van der Waals surface area contributed by atoms with Crippen molar-refractivity contribution in [2.45, 2.75) is 32.6 Å². The van der Waals surface area contributed by atoms with Crippen molar-refractivity contribution in [3.63, 3.8) is 0 Å². The summed E-state index contributed by atoms with van der Waals surface area (Å²) in [5, 5.41) is 12.0. The zero-order valence-electron chi connectivity index (χ0n) is 20.3. The lowest BCUT2D eigenvalue weighted by molar-refractivity contribution is 0.0857. The number of halogens is 1. The molecule has 2 bridgehead atoms. The van der Waals surface area contributed by atoms with Gasteiger partial charge in [0.1, 0.15) is 23.8 Å². The fraction of sp³-hybridized carbons (Fsp3) is 0.167. The highest BCUT2D eigenvalue weighted by atomic mass is 19.1. The number of nitrogens with zero attached hydrogens (tertiary/aromatic N) is 2. The summed E-state index contributed by atoms with van der Waals surface area (Å²) in [5.41, 5.74) is 14.5. The quantitative estimate of drug-likeness (QED) is 0.398. The number of pyridine rings is 1. The highest BCUT2D eigenvalue weighted by Gasteiger charge is 2.43. The third-order valence-electron chi connectivity index (χ3n) is 7.25. The number of amides is 1. The van der Waals surface area contributed by atoms with Gasteiger partial charge in [0.15, 0.2) is 0 Å². The van der Waals surface area contributed by atoms with E-state index >= 15 is 0 Å². The van der Waals surface area contributed by atoms with Gasteiger partial charge < -0.3 is 15.8 Å². The first kappa shape index (κ1) is 22.9. The van der Waals surface area contributed by atoms with Crippen LogP contribution in [0.15, 0.2) is 60.7 Å². The summed E-state index contributed by atoms with van der Waals surface area (Å²) in [5.74, 6) is -0.164. The van der Waals surface area contributed by atoms with Crippen LogP contribution in [0.2, 0.25) is 0 Å². The number of hydrogen-bond acceptors (Lipinski definition) is 5. The SMILES string of the molecule is Cc1cc(N)nc(C)c1CNC(=O)c1ccc2c(c1)C1OC2c2ccc(-c3ccc(C#N)cc3F)cc21. The van der Waals surface area contributed by atoms with E-state index in [4.69, 9.17) is 15.7 Å². The number of nitriles is 1. The van der Waals surface area contributed by atoms with Crippen molar-refractivity contribution in [2.75, 3.05) is 5.73 Å². The molecule has 0 aliphatic carbocycles. The highest BCUT2D eigenvalue weighted by molar-refractivity contribution is 5.94. The number of ether oxygens (including phenoxy) is 1. The summed E-state index contributed by atoms with van der Waals surface area (Å²) in [6.45, 7) is 4.18. The number of carbonyl (C=O) groups is 1. The predicted molar refractivity (Wildman–Crippen MR) is 137 cm³/mol. The third kappa shape index (κ3) is 3.74. The van der Waals surface area contributed by atoms with Crippen LogP contribution in [-0.2, 0) is 11.3 Å². The Morgan fingerprint density at radius 2 is 1.76 bits per heavy atom. The second kappa shape index (κ2) is 8.54. The normalized spacial score (nSPS) is 16.7. The zero-order chi connectivity index (χ0) is 25.8. The van der Waals surface area contributed by atoms with Gasteiger partial charge in [-0.2, -0.15) is 5.26 Å². The number of carbonyl (C=O) groups excluding carboxylic acids is 1. The molecule has 0 spiro atoms. The Morgan fingerprint density at radius 1 is 1.03 bits per heavy atom. The van der Waals surface area contributed by atoms with Gasteiger partial charge in [-0.15, -0.1) is 0 Å². The number of aryl methyl sites for hydroxylation is 2. The lowest BCUT2D eigenvalue weighted by atomic mass is 9.83. The van der Waals surface area contributed by atoms with Crippen molar-refractivity contribution in [1.82, 2.24) is 10.3 Å². The topological polar surface area (TPSA) is 101 Å². The number of nitrogens with one attached hydrogen (secondary N) is 1. The van der Waals surface area contributed by atoms with Crippen molar-refractivity contribution in [3.8, 4) is 17.2 Å². The summed E-state index contributed by atoms with van der Waals surface area (Å²) in [6, 6.07) is 19.7. The minimum absolute atomic E-state index is 0.185. The second-order valence-corrected chi connectivity index (χ2v) is 9.50. The Kier molecular flexibility index (Phi) is 5.28. The molecule has 6 nitrogen and oxygen atoms in total. The Bertz CT molecular complexity index is 1630. The van der Waals surface area contributed by atoms with Gasteiger partial charge in [0, 0.05) is 23.4 Å². The molecule has 0 fully saturated rings. The van der Waals surface area contributed by atoms with Crippen LogP contribution >= 0.6 is 0 Å². The molecule has 1 aromatic heterocycles. The minimum atomic E-state index is -0.441. The van der Waals surface area contributed by atoms with Gasteiger partial charge in [-0.1, -0.05) is 24.3 Å². The standard InChI is InChI=1S/C30H23FN4O2/c1-15-9-27(33)35-16(2)25(15)14-34-30(36)19-5-8-22-24(12-19)29-23-11-18(4-7-21(23)28(22)37-29)20-6-3-17(13-32)10-26(20)31/h3-12,28-29H,14H2,1-2H3,(H2,33,35)(H,34,36). The van der Waals surface area contributed by atoms with Crippen LogP contribution in [0.4, 0.5) is 10.2 Å². The summed E-state index contributed by atoms with van der Waals surface area (Å²) in [7, 11) is 0. The van der Waals surface area contributed by atoms with E-state index < -0.39 is 5.82 Å². The molecule has 3 aromatic carbocycles. The third-order valence-corrected chi connectivity index (χ3v) is 7.25. The molecule has 7 heteroatoms. The first-order valence-corrected chi connectivity index (χ1v) is 12.0. The Balaban J connectivity index is 1.27. The molecular weight excluding hydrogens is 467 g/mol. The van der Waals surface area contributed by atoms with Gasteiger partial charge in [0.05, 0.1) is 11.6 Å². The smallest absolute Gasteiger partial charge is 0.251 e. The molecule has 0 saturated heterocycles. The minimum Gasteiger partial charge on any atom is -0.384 e. The second-order valence-electron chi connectivity index (χ2n) is 9.50. The van der Waals surface area contributed by atoms with E-state index in [0.717, 1.165) is 44.6 Å². The van der Waals surface area contributed by atoms with Gasteiger partial charge >= 0.3 is 0 Å². The molecule has 0 radical (unpaired) electrons. The monoisotopic (exact) mass is 490 g/mol. The van der Waals surface area contributed by atoms with E-state index in [0.29, 0.717) is 23.5 Å². The van der Waals surface area contributed by atoms with E-state index in [1.165, 1.54) is 6.07 Å². The maximum absolute atomic E-state index is 14.7. The van der Waals surface area contributed by atoms with E-state index in [9.17, 15) is 9.18 Å². The fourth-order valence-electron chi connectivity index (χ4n) is 5.40. The van der Waals surface area contributed by atoms with Crippen LogP contribution in [0.25, 0.3) is 11.1 Å². The lowest BCUT2D eigenvalue weighted by Gasteiger charge is -2.18. The molecule has 1 amide bonds. The van der Waals surface area contributed by atoms with Crippen LogP contribution in [-0.4, -0.2) is 10.9 Å². The summed E-state index contributed by atoms with van der Waals surface area (Å²) in [6.07, 6.45) is -0.534. The Hall–Kier alpha value is -4.54. The number of nitrogen functional groups attached to an aromatic ring is 1. The van der Waals surface area contributed by atoms with Crippen molar-refractivity contribution in [2.24, 2.45) is 0 Å². The van der Waals surface area contributed by atoms with E-state index in [1.54, 1.807) is 18.2 Å². The van der Waals surface area contributed by atoms with Crippen LogP contribution in [0.5, 0.6) is 0 Å². The predicted octanol–water partition coefficient (Wildman–Crippen LogP) is 5.41. The Morgan fingerprint density at radius 3 is 2.49 bits per heavy atom. The zero-order valence-corrected chi connectivity index (χ0v) is 20.3. The fourth-order valence-corrected chi connectivity index (χ4v) is 5.40. The van der Waals surface area contributed by atoms with Crippen LogP contribution in [0, 0.1) is 31.0 Å². The van der Waals surface area contributed by atoms with Gasteiger partial charge in [-0.3, -0.25) is 4.79 Å². The molecule has 6 rings (SSSR count). The molecule has 3 N–H and O–H groups in total. The van der Waals surface area contributed by atoms with Crippen LogP contribution in [0.1, 0.15) is 67.2 Å². The molecule has 2 aliphatic rings. The van der Waals surface area contributed by atoms with Crippen molar-refractivity contribution in [3.05, 3.63) is 117 Å². The molecular formula is C30H23FN4O2. The molecule has 182 valence electrons. The largest absolute Gasteiger partial charge is 0.384 e. The maximum Gasteiger partial charge on any atom is 0.251 e. The molecule has 3 heterocycles. The number of rotatable bonds is 4. The average molecular weight is 491 g/mol. The summed E-state index contributed by atoms with van der Waals surface area (Å²) >= 11 is 0. The van der Waals surface area contributed by atoms with Crippen LogP contribution in [0.3, 0.4) is 0 Å². The average Bonchev–Trinajstić information content (AvgIpc) is 3.44.